The Bertz CT molecular complexity index is 889. The van der Waals surface area contributed by atoms with Gasteiger partial charge < -0.3 is 20.1 Å². The molecule has 0 atom stereocenters. The summed E-state index contributed by atoms with van der Waals surface area (Å²) in [5.74, 6) is -0.319. The Balaban J connectivity index is 0.000000596. The van der Waals surface area contributed by atoms with E-state index < -0.39 is 5.97 Å². The molecule has 1 aliphatic rings. The molecule has 0 amide bonds. The van der Waals surface area contributed by atoms with E-state index in [9.17, 15) is 9.59 Å². The van der Waals surface area contributed by atoms with Crippen molar-refractivity contribution in [1.29, 1.82) is 0 Å². The van der Waals surface area contributed by atoms with E-state index in [0.717, 1.165) is 57.3 Å². The lowest BCUT2D eigenvalue weighted by Gasteiger charge is -2.26. The van der Waals surface area contributed by atoms with Crippen LogP contribution in [0, 0.1) is 0 Å². The van der Waals surface area contributed by atoms with Crippen molar-refractivity contribution in [2.45, 2.75) is 13.3 Å². The van der Waals surface area contributed by atoms with E-state index in [1.807, 2.05) is 0 Å². The maximum Gasteiger partial charge on any atom is 0.332 e. The van der Waals surface area contributed by atoms with Crippen LogP contribution in [0.5, 0.6) is 0 Å². The lowest BCUT2D eigenvalue weighted by atomic mass is 10.3. The highest BCUT2D eigenvalue weighted by Crippen LogP contribution is 2.08. The molecule has 0 saturated carbocycles. The topological polar surface area (TPSA) is 134 Å². The molecular formula is C16H26N6O5. The number of carboxylic acids is 1. The number of hydrogen-bond donors (Lipinski definition) is 3. The van der Waals surface area contributed by atoms with Crippen molar-refractivity contribution >= 4 is 23.1 Å². The van der Waals surface area contributed by atoms with Crippen molar-refractivity contribution in [3.8, 4) is 0 Å². The number of H-pyrrole nitrogens is 1. The summed E-state index contributed by atoms with van der Waals surface area (Å²) in [4.78, 5) is 42.6. The van der Waals surface area contributed by atoms with E-state index in [1.165, 1.54) is 11.6 Å². The second kappa shape index (κ2) is 9.33. The average molecular weight is 382 g/mol. The number of imidazole rings is 1. The number of anilines is 1. The predicted molar refractivity (Wildman–Crippen MR) is 100 cm³/mol. The van der Waals surface area contributed by atoms with Gasteiger partial charge >= 0.3 is 5.69 Å². The molecule has 0 spiro atoms. The fraction of sp³-hybridized carbons (Fsp3) is 0.625. The van der Waals surface area contributed by atoms with Gasteiger partial charge in [-0.05, 0) is 13.0 Å². The summed E-state index contributed by atoms with van der Waals surface area (Å²) < 4.78 is 7.76. The maximum atomic E-state index is 12.1. The van der Waals surface area contributed by atoms with E-state index in [4.69, 9.17) is 14.6 Å². The van der Waals surface area contributed by atoms with Crippen LogP contribution in [0.3, 0.4) is 0 Å². The Morgan fingerprint density at radius 2 is 1.89 bits per heavy atom. The van der Waals surface area contributed by atoms with Gasteiger partial charge in [-0.25, -0.2) is 4.79 Å². The van der Waals surface area contributed by atoms with Gasteiger partial charge in [0.25, 0.3) is 11.5 Å². The standard InChI is InChI=1S/C14H22N6O3.C2H4O2/c1-18-11-10(12(21)19(2)14(18)22)16-13(17-11)15-4-3-5-20-6-8-23-9-7-20;1-2(3)4/h3-9H2,1-2H3,(H2,15,16,17);1H3,(H,3,4). The van der Waals surface area contributed by atoms with Crippen LogP contribution in [0.4, 0.5) is 5.95 Å². The molecule has 1 fully saturated rings. The summed E-state index contributed by atoms with van der Waals surface area (Å²) in [5.41, 5.74) is -0.0381. The molecule has 11 heteroatoms. The van der Waals surface area contributed by atoms with Gasteiger partial charge in [-0.2, -0.15) is 4.98 Å². The molecule has 150 valence electrons. The molecule has 2 aromatic heterocycles. The van der Waals surface area contributed by atoms with Crippen LogP contribution < -0.4 is 16.6 Å². The number of nitrogens with one attached hydrogen (secondary N) is 2. The number of ether oxygens (including phenoxy) is 1. The van der Waals surface area contributed by atoms with Gasteiger partial charge in [0.15, 0.2) is 11.2 Å². The van der Waals surface area contributed by atoms with Crippen molar-refractivity contribution in [1.82, 2.24) is 24.0 Å². The fourth-order valence-electron chi connectivity index (χ4n) is 2.74. The quantitative estimate of drug-likeness (QED) is 0.571. The van der Waals surface area contributed by atoms with Crippen LogP contribution in [0.15, 0.2) is 9.59 Å². The predicted octanol–water partition coefficient (Wildman–Crippen LogP) is -0.815. The number of aliphatic carboxylic acids is 1. The summed E-state index contributed by atoms with van der Waals surface area (Å²) in [6.07, 6.45) is 0.966. The molecular weight excluding hydrogens is 356 g/mol. The van der Waals surface area contributed by atoms with Crippen molar-refractivity contribution in [2.75, 3.05) is 44.7 Å². The highest BCUT2D eigenvalue weighted by molar-refractivity contribution is 5.72. The molecule has 1 aliphatic heterocycles. The number of carbonyl (C=O) groups is 1. The normalized spacial score (nSPS) is 14.6. The first kappa shape index (κ1) is 20.6. The van der Waals surface area contributed by atoms with Crippen LogP contribution in [0.2, 0.25) is 0 Å². The first-order valence-electron chi connectivity index (χ1n) is 8.70. The molecule has 0 radical (unpaired) electrons. The van der Waals surface area contributed by atoms with Gasteiger partial charge in [0, 0.05) is 40.7 Å². The van der Waals surface area contributed by atoms with E-state index >= 15 is 0 Å². The van der Waals surface area contributed by atoms with E-state index in [1.54, 1.807) is 7.05 Å². The molecule has 3 heterocycles. The number of morpholine rings is 1. The van der Waals surface area contributed by atoms with Crippen molar-refractivity contribution in [2.24, 2.45) is 14.1 Å². The van der Waals surface area contributed by atoms with Gasteiger partial charge in [-0.3, -0.25) is 23.6 Å². The number of fused-ring (bicyclic) bond motifs is 1. The molecule has 0 unspecified atom stereocenters. The fourth-order valence-corrected chi connectivity index (χ4v) is 2.74. The largest absolute Gasteiger partial charge is 0.481 e. The van der Waals surface area contributed by atoms with E-state index in [0.29, 0.717) is 17.1 Å². The summed E-state index contributed by atoms with van der Waals surface area (Å²) in [6.45, 7) is 6.37. The SMILES string of the molecule is CC(=O)O.Cn1c(=O)c2[nH]c(NCCCN3CCOCC3)nc2n(C)c1=O. The third-order valence-corrected chi connectivity index (χ3v) is 4.14. The Kier molecular flexibility index (Phi) is 7.13. The molecule has 27 heavy (non-hydrogen) atoms. The van der Waals surface area contributed by atoms with Gasteiger partial charge in [-0.1, -0.05) is 0 Å². The summed E-state index contributed by atoms with van der Waals surface area (Å²) in [6, 6.07) is 0. The monoisotopic (exact) mass is 382 g/mol. The first-order valence-corrected chi connectivity index (χ1v) is 8.70. The van der Waals surface area contributed by atoms with Gasteiger partial charge in [0.05, 0.1) is 13.2 Å². The number of rotatable bonds is 5. The molecule has 1 saturated heterocycles. The Labute approximate surface area is 155 Å². The number of aromatic amines is 1. The van der Waals surface area contributed by atoms with Crippen LogP contribution in [-0.2, 0) is 23.6 Å². The number of nitrogens with zero attached hydrogens (tertiary/aromatic N) is 4. The molecule has 3 rings (SSSR count). The zero-order chi connectivity index (χ0) is 20.0. The highest BCUT2D eigenvalue weighted by Gasteiger charge is 2.13. The minimum atomic E-state index is -0.833. The van der Waals surface area contributed by atoms with Crippen molar-refractivity contribution in [3.05, 3.63) is 20.8 Å². The second-order valence-electron chi connectivity index (χ2n) is 6.24. The lowest BCUT2D eigenvalue weighted by Crippen LogP contribution is -2.37. The Morgan fingerprint density at radius 1 is 1.26 bits per heavy atom. The zero-order valence-electron chi connectivity index (χ0n) is 15.8. The third kappa shape index (κ3) is 5.41. The highest BCUT2D eigenvalue weighted by atomic mass is 16.5. The number of aryl methyl sites for hydroxylation is 1. The van der Waals surface area contributed by atoms with Crippen LogP contribution in [-0.4, -0.2) is 74.5 Å². The van der Waals surface area contributed by atoms with Crippen molar-refractivity contribution < 1.29 is 14.6 Å². The van der Waals surface area contributed by atoms with E-state index in [-0.39, 0.29) is 11.2 Å². The minimum absolute atomic E-state index is 0.338. The summed E-state index contributed by atoms with van der Waals surface area (Å²) >= 11 is 0. The molecule has 3 N–H and O–H groups in total. The number of carboxylic acid groups (broad SMARTS) is 1. The molecule has 0 bridgehead atoms. The number of aromatic nitrogens is 4. The zero-order valence-corrected chi connectivity index (χ0v) is 15.8. The smallest absolute Gasteiger partial charge is 0.332 e. The van der Waals surface area contributed by atoms with E-state index in [2.05, 4.69) is 20.2 Å². The van der Waals surface area contributed by atoms with Crippen LogP contribution in [0.1, 0.15) is 13.3 Å². The average Bonchev–Trinajstić information content (AvgIpc) is 3.07. The second-order valence-corrected chi connectivity index (χ2v) is 6.24. The van der Waals surface area contributed by atoms with Gasteiger partial charge in [-0.15, -0.1) is 0 Å². The van der Waals surface area contributed by atoms with Crippen LogP contribution >= 0.6 is 0 Å². The van der Waals surface area contributed by atoms with Gasteiger partial charge in [0.1, 0.15) is 0 Å². The molecule has 11 nitrogen and oxygen atoms in total. The summed E-state index contributed by atoms with van der Waals surface area (Å²) in [7, 11) is 3.06. The maximum absolute atomic E-state index is 12.1. The van der Waals surface area contributed by atoms with Crippen molar-refractivity contribution in [3.63, 3.8) is 0 Å². The minimum Gasteiger partial charge on any atom is -0.481 e. The molecule has 0 aromatic carbocycles. The lowest BCUT2D eigenvalue weighted by molar-refractivity contribution is -0.134. The molecule has 0 aliphatic carbocycles. The summed E-state index contributed by atoms with van der Waals surface area (Å²) in [5, 5.41) is 10.6. The van der Waals surface area contributed by atoms with Gasteiger partial charge in [0.2, 0.25) is 5.95 Å². The first-order chi connectivity index (χ1) is 12.8. The third-order valence-electron chi connectivity index (χ3n) is 4.14. The van der Waals surface area contributed by atoms with Crippen LogP contribution in [0.25, 0.3) is 11.2 Å². The Hall–Kier alpha value is -2.66. The molecule has 2 aromatic rings. The Morgan fingerprint density at radius 3 is 2.52 bits per heavy atom. The number of hydrogen-bond acceptors (Lipinski definition) is 7.